The fourth-order valence-electron chi connectivity index (χ4n) is 6.59. The van der Waals surface area contributed by atoms with E-state index in [9.17, 15) is 14.7 Å². The first kappa shape index (κ1) is 45.1. The number of hydrogen-bond acceptors (Lipinski definition) is 7. The molecule has 11 nitrogen and oxygen atoms in total. The first-order valence-corrected chi connectivity index (χ1v) is 22.9. The largest absolute Gasteiger partial charge is 0.542 e. The lowest BCUT2D eigenvalue weighted by Crippen LogP contribution is -2.43. The summed E-state index contributed by atoms with van der Waals surface area (Å²) in [7, 11) is -1.89. The van der Waals surface area contributed by atoms with Crippen LogP contribution in [0.4, 0.5) is 21.2 Å². The summed E-state index contributed by atoms with van der Waals surface area (Å²) in [5.74, 6) is 2.91. The average Bonchev–Trinajstić information content (AvgIpc) is 3.81. The third-order valence-electron chi connectivity index (χ3n) is 11.1. The SMILES string of the molecule is C1CCOC1.CC(C)(C)[Si](C)(C)Oc1ccc(NC(=O)N2CCC(c3ccccc3)CC2)nc1.Cl.O=C(Nc1ccc(O)cn1)N1CCC(c2ccccc2)CC1. The average molecular weight is 818 g/mol. The van der Waals surface area contributed by atoms with E-state index in [4.69, 9.17) is 9.16 Å². The van der Waals surface area contributed by atoms with Gasteiger partial charge in [-0.3, -0.25) is 10.6 Å². The molecular formula is C44H61ClN6O5Si. The van der Waals surface area contributed by atoms with Crippen LogP contribution in [-0.4, -0.2) is 84.6 Å². The van der Waals surface area contributed by atoms with Crippen molar-refractivity contribution in [2.24, 2.45) is 0 Å². The van der Waals surface area contributed by atoms with Crippen molar-refractivity contribution in [3.8, 4) is 11.5 Å². The van der Waals surface area contributed by atoms with Gasteiger partial charge in [-0.1, -0.05) is 81.4 Å². The van der Waals surface area contributed by atoms with Gasteiger partial charge in [-0.2, -0.15) is 0 Å². The van der Waals surface area contributed by atoms with Crippen LogP contribution >= 0.6 is 12.4 Å². The van der Waals surface area contributed by atoms with E-state index >= 15 is 0 Å². The number of aromatic hydroxyl groups is 1. The van der Waals surface area contributed by atoms with Crippen molar-refractivity contribution < 1.29 is 23.9 Å². The Hall–Kier alpha value is -4.65. The first-order chi connectivity index (χ1) is 26.9. The molecule has 0 radical (unpaired) electrons. The normalized spacial score (nSPS) is 16.2. The monoisotopic (exact) mass is 816 g/mol. The number of aromatic nitrogens is 2. The molecule has 13 heteroatoms. The Morgan fingerprint density at radius 2 is 1.14 bits per heavy atom. The summed E-state index contributed by atoms with van der Waals surface area (Å²) in [4.78, 5) is 36.9. The lowest BCUT2D eigenvalue weighted by Gasteiger charge is -2.36. The molecular weight excluding hydrogens is 756 g/mol. The van der Waals surface area contributed by atoms with Crippen LogP contribution in [0.2, 0.25) is 18.1 Å². The molecule has 3 aliphatic rings. The van der Waals surface area contributed by atoms with Crippen LogP contribution in [0.25, 0.3) is 0 Å². The molecule has 57 heavy (non-hydrogen) atoms. The predicted octanol–water partition coefficient (Wildman–Crippen LogP) is 10.3. The number of urea groups is 2. The van der Waals surface area contributed by atoms with E-state index in [1.807, 2.05) is 34.1 Å². The molecule has 0 spiro atoms. The second kappa shape index (κ2) is 21.8. The number of halogens is 1. The van der Waals surface area contributed by atoms with Crippen LogP contribution in [0.5, 0.6) is 11.5 Å². The second-order valence-corrected chi connectivity index (χ2v) is 20.9. The Kier molecular flexibility index (Phi) is 17.2. The molecule has 2 aromatic heterocycles. The lowest BCUT2D eigenvalue weighted by atomic mass is 9.90. The molecule has 0 atom stereocenters. The number of ether oxygens (including phenoxy) is 1. The van der Waals surface area contributed by atoms with Crippen LogP contribution in [0.1, 0.15) is 82.3 Å². The number of pyridine rings is 2. The molecule has 3 saturated heterocycles. The van der Waals surface area contributed by atoms with Crippen LogP contribution in [0, 0.1) is 0 Å². The van der Waals surface area contributed by atoms with Crippen molar-refractivity contribution in [1.82, 2.24) is 19.8 Å². The Labute approximate surface area is 346 Å². The van der Waals surface area contributed by atoms with Crippen LogP contribution in [0.15, 0.2) is 97.3 Å². The maximum atomic E-state index is 12.6. The standard InChI is InChI=1S/C23H33N3O2Si.C17H19N3O2.C4H8O.ClH/c1-23(2,3)29(4,5)28-20-11-12-21(24-17-20)25-22(27)26-15-13-19(14-16-26)18-9-7-6-8-10-18;21-15-6-7-16(18-12-15)19-17(22)20-10-8-14(9-11-20)13-4-2-1-3-5-13;1-2-4-5-3-1;/h6-12,17,19H,13-16H2,1-5H3,(H,24,25,27);1-7,12,14,21H,8-11H2,(H,18,19,22);1-4H2;1H. The van der Waals surface area contributed by atoms with Gasteiger partial charge in [-0.05, 0) is 104 Å². The maximum Gasteiger partial charge on any atom is 0.323 e. The highest BCUT2D eigenvalue weighted by Gasteiger charge is 2.39. The Morgan fingerprint density at radius 1 is 0.702 bits per heavy atom. The van der Waals surface area contributed by atoms with Crippen molar-refractivity contribution in [3.63, 3.8) is 0 Å². The zero-order valence-electron chi connectivity index (χ0n) is 34.2. The zero-order valence-corrected chi connectivity index (χ0v) is 36.0. The number of amides is 4. The van der Waals surface area contributed by atoms with E-state index in [1.54, 1.807) is 12.3 Å². The minimum Gasteiger partial charge on any atom is -0.542 e. The van der Waals surface area contributed by atoms with Crippen molar-refractivity contribution in [2.75, 3.05) is 50.0 Å². The summed E-state index contributed by atoms with van der Waals surface area (Å²) in [6.45, 7) is 16.1. The van der Waals surface area contributed by atoms with Gasteiger partial charge >= 0.3 is 12.1 Å². The van der Waals surface area contributed by atoms with Gasteiger partial charge in [0.15, 0.2) is 0 Å². The molecule has 3 fully saturated rings. The minimum atomic E-state index is -1.89. The van der Waals surface area contributed by atoms with E-state index in [2.05, 4.69) is 103 Å². The highest BCUT2D eigenvalue weighted by atomic mass is 35.5. The quantitative estimate of drug-likeness (QED) is 0.165. The summed E-state index contributed by atoms with van der Waals surface area (Å²) < 4.78 is 11.2. The molecule has 4 aromatic rings. The fourth-order valence-corrected chi connectivity index (χ4v) is 7.61. The van der Waals surface area contributed by atoms with Crippen molar-refractivity contribution >= 4 is 44.4 Å². The summed E-state index contributed by atoms with van der Waals surface area (Å²) in [5.41, 5.74) is 2.72. The number of nitrogens with one attached hydrogen (secondary N) is 2. The zero-order chi connectivity index (χ0) is 40.0. The van der Waals surface area contributed by atoms with E-state index in [0.717, 1.165) is 70.8 Å². The number of carbonyl (C=O) groups is 2. The molecule has 2 aromatic carbocycles. The first-order valence-electron chi connectivity index (χ1n) is 20.0. The molecule has 0 bridgehead atoms. The highest BCUT2D eigenvalue weighted by molar-refractivity contribution is 6.74. The minimum absolute atomic E-state index is 0. The van der Waals surface area contributed by atoms with Gasteiger partial charge in [0.05, 0.1) is 12.4 Å². The third-order valence-corrected chi connectivity index (χ3v) is 15.4. The fraction of sp³-hybridized carbons (Fsp3) is 0.455. The Morgan fingerprint density at radius 3 is 1.49 bits per heavy atom. The van der Waals surface area contributed by atoms with Gasteiger partial charge in [0.2, 0.25) is 0 Å². The molecule has 308 valence electrons. The number of likely N-dealkylation sites (tertiary alicyclic amines) is 2. The van der Waals surface area contributed by atoms with Crippen molar-refractivity contribution in [3.05, 3.63) is 108 Å². The van der Waals surface area contributed by atoms with Gasteiger partial charge in [-0.25, -0.2) is 19.6 Å². The summed E-state index contributed by atoms with van der Waals surface area (Å²) >= 11 is 0. The smallest absolute Gasteiger partial charge is 0.323 e. The van der Waals surface area contributed by atoms with Gasteiger partial charge in [0.25, 0.3) is 8.32 Å². The third kappa shape index (κ3) is 14.0. The topological polar surface area (TPSA) is 129 Å². The van der Waals surface area contributed by atoms with Gasteiger partial charge < -0.3 is 24.1 Å². The summed E-state index contributed by atoms with van der Waals surface area (Å²) in [6.07, 6.45) is 9.50. The number of benzene rings is 2. The van der Waals surface area contributed by atoms with Crippen molar-refractivity contribution in [1.29, 1.82) is 0 Å². The number of piperidine rings is 2. The van der Waals surface area contributed by atoms with Gasteiger partial charge in [-0.15, -0.1) is 12.4 Å². The Balaban J connectivity index is 0.000000227. The number of rotatable bonds is 6. The number of nitrogens with zero attached hydrogens (tertiary/aromatic N) is 4. The van der Waals surface area contributed by atoms with Crippen LogP contribution in [-0.2, 0) is 4.74 Å². The molecule has 5 heterocycles. The number of carbonyl (C=O) groups excluding carboxylic acids is 2. The molecule has 7 rings (SSSR count). The highest BCUT2D eigenvalue weighted by Crippen LogP contribution is 2.37. The molecule has 0 aliphatic carbocycles. The maximum absolute atomic E-state index is 12.6. The van der Waals surface area contributed by atoms with Crippen LogP contribution < -0.4 is 15.1 Å². The predicted molar refractivity (Wildman–Crippen MR) is 233 cm³/mol. The Bertz CT molecular complexity index is 1770. The van der Waals surface area contributed by atoms with E-state index < -0.39 is 8.32 Å². The molecule has 0 unspecified atom stereocenters. The van der Waals surface area contributed by atoms with Crippen molar-refractivity contribution in [2.45, 2.75) is 89.3 Å². The van der Waals surface area contributed by atoms with E-state index in [-0.39, 0.29) is 35.3 Å². The number of hydrogen-bond donors (Lipinski definition) is 3. The molecule has 0 saturated carbocycles. The number of anilines is 2. The molecule has 3 aliphatic heterocycles. The summed E-state index contributed by atoms with van der Waals surface area (Å²) in [6, 6.07) is 27.6. The molecule has 3 N–H and O–H groups in total. The van der Waals surface area contributed by atoms with Gasteiger partial charge in [0.1, 0.15) is 23.1 Å². The second-order valence-electron chi connectivity index (χ2n) is 16.2. The lowest BCUT2D eigenvalue weighted by molar-refractivity contribution is 0.194. The van der Waals surface area contributed by atoms with E-state index in [1.165, 1.54) is 36.2 Å². The summed E-state index contributed by atoms with van der Waals surface area (Å²) in [5, 5.41) is 15.0. The van der Waals surface area contributed by atoms with Crippen LogP contribution in [0.3, 0.4) is 0 Å². The van der Waals surface area contributed by atoms with E-state index in [0.29, 0.717) is 23.5 Å². The molecule has 4 amide bonds. The van der Waals surface area contributed by atoms with Gasteiger partial charge in [0, 0.05) is 39.4 Å².